The minimum Gasteiger partial charge on any atom is -0.297 e. The number of para-hydroxylation sites is 1. The highest BCUT2D eigenvalue weighted by atomic mass is 16.2. The van der Waals surface area contributed by atoms with Crippen molar-refractivity contribution in [2.75, 3.05) is 4.90 Å². The SMILES string of the molecule is Cc1ccc(C2=C(c3ccc(C)cc3)[C@@]3(c4ccccc4)C(=O)[C@@]2(c2ccccc2)[C@H]2C(=O)N(c4ccccc4)C(=O)[C@@H]23)cc1. The zero-order chi connectivity index (χ0) is 30.9. The van der Waals surface area contributed by atoms with Gasteiger partial charge >= 0.3 is 0 Å². The van der Waals surface area contributed by atoms with Gasteiger partial charge in [0, 0.05) is 0 Å². The average Bonchev–Trinajstić information content (AvgIpc) is 3.59. The second-order valence-electron chi connectivity index (χ2n) is 12.5. The van der Waals surface area contributed by atoms with Gasteiger partial charge in [-0.15, -0.1) is 0 Å². The first-order valence-electron chi connectivity index (χ1n) is 15.4. The van der Waals surface area contributed by atoms with Crippen molar-refractivity contribution in [1.29, 1.82) is 0 Å². The van der Waals surface area contributed by atoms with E-state index in [0.717, 1.165) is 44.5 Å². The Balaban J connectivity index is 1.57. The van der Waals surface area contributed by atoms with Crippen LogP contribution in [0.5, 0.6) is 0 Å². The lowest BCUT2D eigenvalue weighted by atomic mass is 9.59. The van der Waals surface area contributed by atoms with Gasteiger partial charge in [0.05, 0.1) is 28.4 Å². The van der Waals surface area contributed by atoms with E-state index in [1.165, 1.54) is 4.90 Å². The van der Waals surface area contributed by atoms with E-state index in [1.807, 2.05) is 92.7 Å². The van der Waals surface area contributed by atoms with Gasteiger partial charge in [0.15, 0.2) is 5.78 Å². The number of ketones is 1. The van der Waals surface area contributed by atoms with Crippen LogP contribution in [0.3, 0.4) is 0 Å². The highest BCUT2D eigenvalue weighted by Crippen LogP contribution is 2.74. The molecule has 4 nitrogen and oxygen atoms in total. The number of benzene rings is 5. The molecule has 4 atom stereocenters. The topological polar surface area (TPSA) is 54.5 Å². The predicted octanol–water partition coefficient (Wildman–Crippen LogP) is 7.49. The van der Waals surface area contributed by atoms with Crippen molar-refractivity contribution in [3.63, 3.8) is 0 Å². The van der Waals surface area contributed by atoms with Crippen LogP contribution >= 0.6 is 0 Å². The standard InChI is InChI=1S/C41H31NO3/c1-26-18-22-28(23-19-26)33-34(29-24-20-27(2)21-25-29)41(31-14-8-4-9-15-31)36-35(40(33,39(41)45)30-12-6-3-7-13-30)37(43)42(38(36)44)32-16-10-5-11-17-32/h3-25,35-36H,1-2H3/t35-,36-,40-,41-/m1/s1. The number of fused-ring (bicyclic) bond motifs is 5. The van der Waals surface area contributed by atoms with Crippen molar-refractivity contribution in [3.8, 4) is 0 Å². The lowest BCUT2D eigenvalue weighted by Crippen LogP contribution is -2.45. The number of hydrogen-bond donors (Lipinski definition) is 0. The van der Waals surface area contributed by atoms with E-state index in [9.17, 15) is 9.59 Å². The van der Waals surface area contributed by atoms with Crippen LogP contribution in [0.15, 0.2) is 140 Å². The van der Waals surface area contributed by atoms with Gasteiger partial charge in [-0.1, -0.05) is 139 Å². The van der Waals surface area contributed by atoms with E-state index < -0.39 is 22.7 Å². The number of imide groups is 1. The molecule has 0 unspecified atom stereocenters. The van der Waals surface area contributed by atoms with Gasteiger partial charge < -0.3 is 0 Å². The molecule has 0 aromatic heterocycles. The van der Waals surface area contributed by atoms with Crippen LogP contribution in [0.25, 0.3) is 11.1 Å². The van der Waals surface area contributed by atoms with Crippen molar-refractivity contribution in [1.82, 2.24) is 0 Å². The molecule has 2 aliphatic carbocycles. The number of aryl methyl sites for hydroxylation is 2. The summed E-state index contributed by atoms with van der Waals surface area (Å²) in [5, 5.41) is 0. The van der Waals surface area contributed by atoms with Crippen molar-refractivity contribution < 1.29 is 14.4 Å². The van der Waals surface area contributed by atoms with Crippen molar-refractivity contribution >= 4 is 34.4 Å². The van der Waals surface area contributed by atoms with Crippen molar-refractivity contribution in [3.05, 3.63) is 173 Å². The molecule has 4 heteroatoms. The second-order valence-corrected chi connectivity index (χ2v) is 12.5. The molecule has 1 aliphatic heterocycles. The van der Waals surface area contributed by atoms with Gasteiger partial charge in [0.1, 0.15) is 0 Å². The van der Waals surface area contributed by atoms with Gasteiger partial charge in [0.2, 0.25) is 11.8 Å². The number of carbonyl (C=O) groups is 3. The summed E-state index contributed by atoms with van der Waals surface area (Å²) in [5.41, 5.74) is 4.76. The molecule has 1 heterocycles. The summed E-state index contributed by atoms with van der Waals surface area (Å²) in [5.74, 6) is -2.63. The molecule has 5 aromatic rings. The lowest BCUT2D eigenvalue weighted by molar-refractivity contribution is -0.130. The first-order valence-corrected chi connectivity index (χ1v) is 15.4. The smallest absolute Gasteiger partial charge is 0.239 e. The van der Waals surface area contributed by atoms with E-state index in [4.69, 9.17) is 0 Å². The molecule has 1 saturated heterocycles. The molecule has 218 valence electrons. The van der Waals surface area contributed by atoms with Crippen LogP contribution in [0, 0.1) is 25.7 Å². The van der Waals surface area contributed by atoms with E-state index in [-0.39, 0.29) is 17.6 Å². The van der Waals surface area contributed by atoms with Gasteiger partial charge in [-0.2, -0.15) is 0 Å². The van der Waals surface area contributed by atoms with E-state index in [2.05, 4.69) is 48.5 Å². The largest absolute Gasteiger partial charge is 0.297 e. The first kappa shape index (κ1) is 27.2. The summed E-state index contributed by atoms with van der Waals surface area (Å²) in [7, 11) is 0. The lowest BCUT2D eigenvalue weighted by Gasteiger charge is -2.39. The monoisotopic (exact) mass is 585 g/mol. The Morgan fingerprint density at radius 1 is 0.467 bits per heavy atom. The maximum atomic E-state index is 15.9. The number of amides is 2. The fourth-order valence-electron chi connectivity index (χ4n) is 8.40. The Bertz CT molecular complexity index is 1890. The Hall–Kier alpha value is -5.35. The fourth-order valence-corrected chi connectivity index (χ4v) is 8.40. The molecule has 0 radical (unpaired) electrons. The summed E-state index contributed by atoms with van der Waals surface area (Å²) >= 11 is 0. The molecule has 2 amide bonds. The van der Waals surface area contributed by atoms with Crippen LogP contribution in [-0.4, -0.2) is 17.6 Å². The van der Waals surface area contributed by atoms with Crippen LogP contribution in [-0.2, 0) is 25.2 Å². The van der Waals surface area contributed by atoms with Crippen LogP contribution < -0.4 is 4.90 Å². The molecule has 8 rings (SSSR count). The molecule has 2 bridgehead atoms. The molecule has 0 N–H and O–H groups in total. The third-order valence-corrected chi connectivity index (χ3v) is 10.1. The number of carbonyl (C=O) groups excluding carboxylic acids is 3. The zero-order valence-electron chi connectivity index (χ0n) is 25.1. The van der Waals surface area contributed by atoms with Gasteiger partial charge in [-0.25, -0.2) is 4.90 Å². The molecule has 0 spiro atoms. The zero-order valence-corrected chi connectivity index (χ0v) is 25.1. The number of anilines is 1. The normalized spacial score (nSPS) is 25.3. The van der Waals surface area contributed by atoms with Gasteiger partial charge in [-0.3, -0.25) is 14.4 Å². The van der Waals surface area contributed by atoms with Gasteiger partial charge in [0.25, 0.3) is 0 Å². The van der Waals surface area contributed by atoms with Crippen molar-refractivity contribution in [2.45, 2.75) is 24.7 Å². The molecule has 45 heavy (non-hydrogen) atoms. The van der Waals surface area contributed by atoms with E-state index >= 15 is 4.79 Å². The van der Waals surface area contributed by atoms with E-state index in [0.29, 0.717) is 5.69 Å². The average molecular weight is 586 g/mol. The molecular weight excluding hydrogens is 554 g/mol. The minimum atomic E-state index is -1.40. The van der Waals surface area contributed by atoms with Crippen molar-refractivity contribution in [2.24, 2.45) is 11.8 Å². The highest BCUT2D eigenvalue weighted by molar-refractivity contribution is 6.39. The Morgan fingerprint density at radius 2 is 0.822 bits per heavy atom. The van der Waals surface area contributed by atoms with Crippen LogP contribution in [0.4, 0.5) is 5.69 Å². The first-order chi connectivity index (χ1) is 21.9. The fraction of sp³-hybridized carbons (Fsp3) is 0.146. The quantitative estimate of drug-likeness (QED) is 0.201. The van der Waals surface area contributed by atoms with Crippen LogP contribution in [0.2, 0.25) is 0 Å². The number of Topliss-reactive ketones (excluding diaryl/α,β-unsaturated/α-hetero) is 1. The third kappa shape index (κ3) is 3.45. The molecule has 1 saturated carbocycles. The van der Waals surface area contributed by atoms with E-state index in [1.54, 1.807) is 12.1 Å². The maximum Gasteiger partial charge on any atom is 0.239 e. The number of nitrogens with zero attached hydrogens (tertiary/aromatic N) is 1. The summed E-state index contributed by atoms with van der Waals surface area (Å²) in [6.45, 7) is 4.08. The summed E-state index contributed by atoms with van der Waals surface area (Å²) < 4.78 is 0. The van der Waals surface area contributed by atoms with Gasteiger partial charge in [-0.05, 0) is 59.4 Å². The number of hydrogen-bond acceptors (Lipinski definition) is 3. The molecular formula is C41H31NO3. The highest BCUT2D eigenvalue weighted by Gasteiger charge is 2.82. The molecule has 3 aliphatic rings. The number of rotatable bonds is 5. The molecule has 5 aromatic carbocycles. The Kier molecular flexibility index (Phi) is 5.95. The Morgan fingerprint density at radius 3 is 1.20 bits per heavy atom. The second kappa shape index (κ2) is 9.83. The summed E-state index contributed by atoms with van der Waals surface area (Å²) in [6.07, 6.45) is 0. The maximum absolute atomic E-state index is 15.9. The van der Waals surface area contributed by atoms with Crippen LogP contribution in [0.1, 0.15) is 33.4 Å². The summed E-state index contributed by atoms with van der Waals surface area (Å²) in [4.78, 5) is 47.1. The third-order valence-electron chi connectivity index (χ3n) is 10.1. The predicted molar refractivity (Wildman–Crippen MR) is 176 cm³/mol. The molecule has 2 fully saturated rings. The summed E-state index contributed by atoms with van der Waals surface area (Å²) in [6, 6.07) is 44.9. The number of allylic oxidation sites excluding steroid dienone is 2. The minimum absolute atomic E-state index is 0.108. The Labute approximate surface area is 262 Å².